The van der Waals surface area contributed by atoms with Gasteiger partial charge in [0.25, 0.3) is 0 Å². The van der Waals surface area contributed by atoms with Crippen molar-refractivity contribution in [3.63, 3.8) is 0 Å². The lowest BCUT2D eigenvalue weighted by atomic mass is 10.2. The maximum atomic E-state index is 11.3. The monoisotopic (exact) mass is 314 g/mol. The van der Waals surface area contributed by atoms with Crippen LogP contribution in [0.25, 0.3) is 11.4 Å². The zero-order chi connectivity index (χ0) is 12.4. The molecule has 4 nitrogen and oxygen atoms in total. The summed E-state index contributed by atoms with van der Waals surface area (Å²) in [6.45, 7) is 0. The number of hydrogen-bond acceptors (Lipinski definition) is 3. The maximum Gasteiger partial charge on any atom is 0.356 e. The molecule has 0 fully saturated rings. The summed E-state index contributed by atoms with van der Waals surface area (Å²) >= 11 is 9.30. The lowest BCUT2D eigenvalue weighted by Crippen LogP contribution is -2.00. The number of benzene rings is 1. The molecule has 2 rings (SSSR count). The summed E-state index contributed by atoms with van der Waals surface area (Å²) in [6, 6.07) is 5.34. The van der Waals surface area contributed by atoms with Crippen LogP contribution in [-0.2, 0) is 4.74 Å². The van der Waals surface area contributed by atoms with Crippen molar-refractivity contribution in [2.45, 2.75) is 0 Å². The van der Waals surface area contributed by atoms with Gasteiger partial charge in [0.1, 0.15) is 11.5 Å². The van der Waals surface area contributed by atoms with Gasteiger partial charge in [0.2, 0.25) is 0 Å². The van der Waals surface area contributed by atoms with Crippen LogP contribution in [-0.4, -0.2) is 23.0 Å². The lowest BCUT2D eigenvalue weighted by molar-refractivity contribution is 0.0595. The summed E-state index contributed by atoms with van der Waals surface area (Å²) in [6.07, 6.45) is 1.43. The third-order valence-electron chi connectivity index (χ3n) is 2.16. The van der Waals surface area contributed by atoms with Gasteiger partial charge in [-0.25, -0.2) is 9.78 Å². The molecule has 0 spiro atoms. The van der Waals surface area contributed by atoms with Crippen LogP contribution in [0, 0.1) is 0 Å². The van der Waals surface area contributed by atoms with E-state index < -0.39 is 5.97 Å². The van der Waals surface area contributed by atoms with Crippen LogP contribution in [0.1, 0.15) is 10.5 Å². The minimum absolute atomic E-state index is 0.300. The van der Waals surface area contributed by atoms with E-state index in [1.54, 1.807) is 12.1 Å². The van der Waals surface area contributed by atoms with Gasteiger partial charge in [0.05, 0.1) is 13.3 Å². The van der Waals surface area contributed by atoms with E-state index in [2.05, 4.69) is 30.6 Å². The molecular formula is C11H8BrClN2O2. The van der Waals surface area contributed by atoms with Crippen molar-refractivity contribution in [1.29, 1.82) is 0 Å². The van der Waals surface area contributed by atoms with E-state index in [1.165, 1.54) is 13.3 Å². The first-order valence-corrected chi connectivity index (χ1v) is 5.87. The van der Waals surface area contributed by atoms with Gasteiger partial charge in [-0.15, -0.1) is 0 Å². The SMILES string of the molecule is COC(=O)c1cnc(-c2cc(Cl)ccc2Br)[nH]1. The highest BCUT2D eigenvalue weighted by Crippen LogP contribution is 2.28. The highest BCUT2D eigenvalue weighted by atomic mass is 79.9. The fourth-order valence-electron chi connectivity index (χ4n) is 1.35. The Labute approximate surface area is 111 Å². The number of nitrogens with zero attached hydrogens (tertiary/aromatic N) is 1. The van der Waals surface area contributed by atoms with E-state index in [9.17, 15) is 4.79 Å². The summed E-state index contributed by atoms with van der Waals surface area (Å²) in [5.74, 6) is 0.0988. The van der Waals surface area contributed by atoms with Crippen molar-refractivity contribution < 1.29 is 9.53 Å². The van der Waals surface area contributed by atoms with Crippen molar-refractivity contribution in [3.05, 3.63) is 39.6 Å². The van der Waals surface area contributed by atoms with E-state index in [0.717, 1.165) is 10.0 Å². The number of halogens is 2. The van der Waals surface area contributed by atoms with Gasteiger partial charge in [-0.3, -0.25) is 0 Å². The number of hydrogen-bond donors (Lipinski definition) is 1. The number of ether oxygens (including phenoxy) is 1. The van der Waals surface area contributed by atoms with Gasteiger partial charge >= 0.3 is 5.97 Å². The van der Waals surface area contributed by atoms with Crippen LogP contribution in [0.15, 0.2) is 28.9 Å². The molecule has 1 N–H and O–H groups in total. The van der Waals surface area contributed by atoms with Crippen molar-refractivity contribution in [1.82, 2.24) is 9.97 Å². The van der Waals surface area contributed by atoms with Gasteiger partial charge in [-0.05, 0) is 18.2 Å². The van der Waals surface area contributed by atoms with Crippen LogP contribution in [0.4, 0.5) is 0 Å². The third kappa shape index (κ3) is 2.50. The van der Waals surface area contributed by atoms with Gasteiger partial charge in [0, 0.05) is 15.1 Å². The number of rotatable bonds is 2. The second-order valence-corrected chi connectivity index (χ2v) is 4.55. The number of methoxy groups -OCH3 is 1. The average molecular weight is 316 g/mol. The number of esters is 1. The molecule has 0 unspecified atom stereocenters. The standard InChI is InChI=1S/C11H8BrClN2O2/c1-17-11(16)9-5-14-10(15-9)7-4-6(13)2-3-8(7)12/h2-5H,1H3,(H,14,15). The summed E-state index contributed by atoms with van der Waals surface area (Å²) < 4.78 is 5.43. The zero-order valence-corrected chi connectivity index (χ0v) is 11.2. The number of imidazole rings is 1. The molecular weight excluding hydrogens is 307 g/mol. The summed E-state index contributed by atoms with van der Waals surface area (Å²) in [5, 5.41) is 0.596. The van der Waals surface area contributed by atoms with E-state index in [1.807, 2.05) is 6.07 Å². The van der Waals surface area contributed by atoms with Crippen LogP contribution in [0.5, 0.6) is 0 Å². The molecule has 88 valence electrons. The molecule has 0 saturated heterocycles. The Morgan fingerprint density at radius 3 is 3.00 bits per heavy atom. The summed E-state index contributed by atoms with van der Waals surface area (Å²) in [4.78, 5) is 18.3. The Hall–Kier alpha value is -1.33. The van der Waals surface area contributed by atoms with Gasteiger partial charge in [-0.2, -0.15) is 0 Å². The molecule has 0 bridgehead atoms. The summed E-state index contributed by atoms with van der Waals surface area (Å²) in [7, 11) is 1.32. The number of aromatic nitrogens is 2. The number of carbonyl (C=O) groups is 1. The van der Waals surface area contributed by atoms with E-state index >= 15 is 0 Å². The summed E-state index contributed by atoms with van der Waals surface area (Å²) in [5.41, 5.74) is 1.09. The Balaban J connectivity index is 2.43. The molecule has 0 saturated carbocycles. The normalized spacial score (nSPS) is 10.3. The van der Waals surface area contributed by atoms with E-state index in [-0.39, 0.29) is 0 Å². The smallest absolute Gasteiger partial charge is 0.356 e. The predicted octanol–water partition coefficient (Wildman–Crippen LogP) is 3.28. The van der Waals surface area contributed by atoms with Crippen molar-refractivity contribution >= 4 is 33.5 Å². The molecule has 17 heavy (non-hydrogen) atoms. The Morgan fingerprint density at radius 2 is 2.29 bits per heavy atom. The Bertz CT molecular complexity index is 568. The topological polar surface area (TPSA) is 55.0 Å². The number of nitrogens with one attached hydrogen (secondary N) is 1. The van der Waals surface area contributed by atoms with Crippen molar-refractivity contribution in [3.8, 4) is 11.4 Å². The fourth-order valence-corrected chi connectivity index (χ4v) is 1.96. The third-order valence-corrected chi connectivity index (χ3v) is 3.09. The molecule has 2 aromatic rings. The number of carbonyl (C=O) groups excluding carboxylic acids is 1. The van der Waals surface area contributed by atoms with Crippen molar-refractivity contribution in [2.24, 2.45) is 0 Å². The van der Waals surface area contributed by atoms with E-state index in [4.69, 9.17) is 11.6 Å². The van der Waals surface area contributed by atoms with Gasteiger partial charge < -0.3 is 9.72 Å². The highest BCUT2D eigenvalue weighted by molar-refractivity contribution is 9.10. The van der Waals surface area contributed by atoms with Crippen LogP contribution in [0.2, 0.25) is 5.02 Å². The molecule has 0 aliphatic rings. The average Bonchev–Trinajstić information content (AvgIpc) is 2.80. The van der Waals surface area contributed by atoms with Gasteiger partial charge in [-0.1, -0.05) is 27.5 Å². The quantitative estimate of drug-likeness (QED) is 0.865. The first kappa shape index (κ1) is 12.1. The minimum Gasteiger partial charge on any atom is -0.464 e. The molecule has 0 atom stereocenters. The molecule has 0 aliphatic carbocycles. The zero-order valence-electron chi connectivity index (χ0n) is 8.83. The number of aromatic amines is 1. The molecule has 0 amide bonds. The lowest BCUT2D eigenvalue weighted by Gasteiger charge is -2.01. The maximum absolute atomic E-state index is 11.3. The molecule has 1 aromatic heterocycles. The van der Waals surface area contributed by atoms with Crippen molar-refractivity contribution in [2.75, 3.05) is 7.11 Å². The Kier molecular flexibility index (Phi) is 3.49. The minimum atomic E-state index is -0.457. The molecule has 0 radical (unpaired) electrons. The molecule has 1 heterocycles. The largest absolute Gasteiger partial charge is 0.464 e. The predicted molar refractivity (Wildman–Crippen MR) is 68.1 cm³/mol. The fraction of sp³-hybridized carbons (Fsp3) is 0.0909. The highest BCUT2D eigenvalue weighted by Gasteiger charge is 2.12. The molecule has 6 heteroatoms. The van der Waals surface area contributed by atoms with Crippen LogP contribution in [0.3, 0.4) is 0 Å². The second kappa shape index (κ2) is 4.89. The van der Waals surface area contributed by atoms with Crippen LogP contribution < -0.4 is 0 Å². The second-order valence-electron chi connectivity index (χ2n) is 3.26. The Morgan fingerprint density at radius 1 is 1.53 bits per heavy atom. The van der Waals surface area contributed by atoms with Crippen LogP contribution >= 0.6 is 27.5 Å². The van der Waals surface area contributed by atoms with E-state index in [0.29, 0.717) is 16.5 Å². The molecule has 1 aromatic carbocycles. The number of H-pyrrole nitrogens is 1. The first-order chi connectivity index (χ1) is 8.11. The van der Waals surface area contributed by atoms with Gasteiger partial charge in [0.15, 0.2) is 0 Å². The first-order valence-electron chi connectivity index (χ1n) is 4.70. The molecule has 0 aliphatic heterocycles.